The molecule has 68 valence electrons. The summed E-state index contributed by atoms with van der Waals surface area (Å²) in [7, 11) is 1.81. The smallest absolute Gasteiger partial charge is 0.256 e. The summed E-state index contributed by atoms with van der Waals surface area (Å²) in [4.78, 5) is 0. The van der Waals surface area contributed by atoms with Crippen molar-refractivity contribution < 1.29 is 4.74 Å². The van der Waals surface area contributed by atoms with Crippen LogP contribution in [-0.2, 0) is 7.05 Å². The van der Waals surface area contributed by atoms with Crippen LogP contribution in [0.1, 0.15) is 20.8 Å². The van der Waals surface area contributed by atoms with Gasteiger partial charge in [0.05, 0.1) is 6.20 Å². The first-order valence-electron chi connectivity index (χ1n) is 3.86. The van der Waals surface area contributed by atoms with Crippen LogP contribution in [0.25, 0.3) is 0 Å². The number of aromatic nitrogens is 2. The van der Waals surface area contributed by atoms with E-state index in [-0.39, 0.29) is 5.60 Å². The van der Waals surface area contributed by atoms with Crippen molar-refractivity contribution in [2.24, 2.45) is 7.05 Å². The molecule has 0 radical (unpaired) electrons. The van der Waals surface area contributed by atoms with Crippen molar-refractivity contribution in [3.63, 3.8) is 0 Å². The molecule has 0 aromatic carbocycles. The highest BCUT2D eigenvalue weighted by molar-refractivity contribution is 5.45. The Balaban J connectivity index is 2.82. The van der Waals surface area contributed by atoms with E-state index in [0.29, 0.717) is 11.6 Å². The number of nitrogens with two attached hydrogens (primary N) is 1. The number of nitrogens with zero attached hydrogens (tertiary/aromatic N) is 2. The summed E-state index contributed by atoms with van der Waals surface area (Å²) in [6.45, 7) is 5.88. The number of nitrogen functional groups attached to an aromatic ring is 1. The Hall–Kier alpha value is -1.19. The molecule has 0 aliphatic heterocycles. The third-order valence-electron chi connectivity index (χ3n) is 1.22. The van der Waals surface area contributed by atoms with Crippen LogP contribution in [0.5, 0.6) is 5.88 Å². The summed E-state index contributed by atoms with van der Waals surface area (Å²) >= 11 is 0. The van der Waals surface area contributed by atoms with Crippen molar-refractivity contribution in [2.45, 2.75) is 26.4 Å². The van der Waals surface area contributed by atoms with Gasteiger partial charge < -0.3 is 10.5 Å². The normalized spacial score (nSPS) is 11.7. The summed E-state index contributed by atoms with van der Waals surface area (Å²) in [5, 5.41) is 4.07. The fourth-order valence-electron chi connectivity index (χ4n) is 0.856. The second kappa shape index (κ2) is 2.69. The van der Waals surface area contributed by atoms with Gasteiger partial charge in [-0.1, -0.05) is 0 Å². The van der Waals surface area contributed by atoms with Crippen LogP contribution in [0.3, 0.4) is 0 Å². The molecule has 1 aromatic heterocycles. The minimum atomic E-state index is -0.248. The Morgan fingerprint density at radius 2 is 2.08 bits per heavy atom. The summed E-state index contributed by atoms with van der Waals surface area (Å²) in [5.74, 6) is 0.505. The van der Waals surface area contributed by atoms with Crippen LogP contribution >= 0.6 is 0 Å². The first-order chi connectivity index (χ1) is 5.38. The molecule has 0 amide bonds. The van der Waals surface area contributed by atoms with Gasteiger partial charge in [0.25, 0.3) is 5.88 Å². The van der Waals surface area contributed by atoms with Crippen LogP contribution in [0.4, 0.5) is 5.69 Å². The van der Waals surface area contributed by atoms with Gasteiger partial charge >= 0.3 is 0 Å². The molecule has 0 fully saturated rings. The summed E-state index contributed by atoms with van der Waals surface area (Å²) < 4.78 is 7.13. The highest BCUT2D eigenvalue weighted by atomic mass is 16.5. The lowest BCUT2D eigenvalue weighted by Gasteiger charge is -2.19. The van der Waals surface area contributed by atoms with E-state index in [1.165, 1.54) is 0 Å². The quantitative estimate of drug-likeness (QED) is 0.686. The molecule has 0 saturated carbocycles. The van der Waals surface area contributed by atoms with Crippen molar-refractivity contribution in [2.75, 3.05) is 5.73 Å². The molecule has 0 unspecified atom stereocenters. The van der Waals surface area contributed by atoms with Gasteiger partial charge in [0.15, 0.2) is 0 Å². The fourth-order valence-corrected chi connectivity index (χ4v) is 0.856. The van der Waals surface area contributed by atoms with Crippen LogP contribution in [0, 0.1) is 0 Å². The minimum Gasteiger partial charge on any atom is -0.469 e. The summed E-state index contributed by atoms with van der Waals surface area (Å²) in [5.41, 5.74) is 5.97. The van der Waals surface area contributed by atoms with E-state index in [1.807, 2.05) is 27.8 Å². The molecule has 1 aromatic rings. The van der Waals surface area contributed by atoms with Gasteiger partial charge in [0.1, 0.15) is 11.3 Å². The molecule has 4 nitrogen and oxygen atoms in total. The third kappa shape index (κ3) is 2.15. The largest absolute Gasteiger partial charge is 0.469 e. The molecule has 1 heterocycles. The summed E-state index contributed by atoms with van der Waals surface area (Å²) in [6.07, 6.45) is 1.72. The molecule has 0 spiro atoms. The van der Waals surface area contributed by atoms with E-state index >= 15 is 0 Å². The Labute approximate surface area is 72.3 Å². The topological polar surface area (TPSA) is 53.1 Å². The standard InChI is InChI=1S/C8H15N3O/c1-8(2,3)12-7-6(9)5-11(4)10-7/h5H,9H2,1-4H3. The molecule has 0 aliphatic rings. The molecule has 2 N–H and O–H groups in total. The predicted molar refractivity (Wildman–Crippen MR) is 48.0 cm³/mol. The Bertz CT molecular complexity index is 272. The zero-order chi connectivity index (χ0) is 9.35. The van der Waals surface area contributed by atoms with Gasteiger partial charge in [0.2, 0.25) is 0 Å². The average molecular weight is 169 g/mol. The molecule has 0 saturated heterocycles. The van der Waals surface area contributed by atoms with E-state index in [0.717, 1.165) is 0 Å². The lowest BCUT2D eigenvalue weighted by Crippen LogP contribution is -2.23. The molecule has 0 atom stereocenters. The van der Waals surface area contributed by atoms with Gasteiger partial charge in [-0.25, -0.2) is 0 Å². The number of hydrogen-bond donors (Lipinski definition) is 1. The van der Waals surface area contributed by atoms with Crippen LogP contribution in [-0.4, -0.2) is 15.4 Å². The maximum absolute atomic E-state index is 5.64. The summed E-state index contributed by atoms with van der Waals surface area (Å²) in [6, 6.07) is 0. The van der Waals surface area contributed by atoms with Crippen molar-refractivity contribution in [3.05, 3.63) is 6.20 Å². The van der Waals surface area contributed by atoms with Gasteiger partial charge in [-0.3, -0.25) is 4.68 Å². The number of rotatable bonds is 1. The Kier molecular flexibility index (Phi) is 2.00. The Morgan fingerprint density at radius 3 is 2.42 bits per heavy atom. The second-order valence-electron chi connectivity index (χ2n) is 3.78. The molecular weight excluding hydrogens is 154 g/mol. The fraction of sp³-hybridized carbons (Fsp3) is 0.625. The van der Waals surface area contributed by atoms with Gasteiger partial charge in [-0.05, 0) is 20.8 Å². The second-order valence-corrected chi connectivity index (χ2v) is 3.78. The molecular formula is C8H15N3O. The highest BCUT2D eigenvalue weighted by Crippen LogP contribution is 2.22. The maximum atomic E-state index is 5.64. The lowest BCUT2D eigenvalue weighted by molar-refractivity contribution is 0.124. The van der Waals surface area contributed by atoms with Crippen LogP contribution < -0.4 is 10.5 Å². The Morgan fingerprint density at radius 1 is 1.50 bits per heavy atom. The van der Waals surface area contributed by atoms with Crippen molar-refractivity contribution in [1.29, 1.82) is 0 Å². The molecule has 4 heteroatoms. The molecule has 1 rings (SSSR count). The van der Waals surface area contributed by atoms with E-state index in [4.69, 9.17) is 10.5 Å². The van der Waals surface area contributed by atoms with Gasteiger partial charge in [-0.15, -0.1) is 5.10 Å². The van der Waals surface area contributed by atoms with E-state index in [2.05, 4.69) is 5.10 Å². The van der Waals surface area contributed by atoms with Crippen molar-refractivity contribution >= 4 is 5.69 Å². The first-order valence-corrected chi connectivity index (χ1v) is 3.86. The maximum Gasteiger partial charge on any atom is 0.256 e. The van der Waals surface area contributed by atoms with Crippen LogP contribution in [0.2, 0.25) is 0 Å². The van der Waals surface area contributed by atoms with Crippen LogP contribution in [0.15, 0.2) is 6.20 Å². The number of anilines is 1. The molecule has 12 heavy (non-hydrogen) atoms. The minimum absolute atomic E-state index is 0.248. The van der Waals surface area contributed by atoms with Gasteiger partial charge in [0, 0.05) is 7.05 Å². The highest BCUT2D eigenvalue weighted by Gasteiger charge is 2.15. The third-order valence-corrected chi connectivity index (χ3v) is 1.22. The zero-order valence-electron chi connectivity index (χ0n) is 7.96. The van der Waals surface area contributed by atoms with Gasteiger partial charge in [-0.2, -0.15) is 0 Å². The predicted octanol–water partition coefficient (Wildman–Crippen LogP) is 1.18. The number of ether oxygens (including phenoxy) is 1. The van der Waals surface area contributed by atoms with E-state index in [9.17, 15) is 0 Å². The van der Waals surface area contributed by atoms with E-state index in [1.54, 1.807) is 10.9 Å². The molecule has 0 aliphatic carbocycles. The molecule has 0 bridgehead atoms. The lowest BCUT2D eigenvalue weighted by atomic mass is 10.2. The van der Waals surface area contributed by atoms with E-state index < -0.39 is 0 Å². The number of hydrogen-bond acceptors (Lipinski definition) is 3. The first kappa shape index (κ1) is 8.90. The zero-order valence-corrected chi connectivity index (χ0v) is 7.96. The van der Waals surface area contributed by atoms with Crippen molar-refractivity contribution in [3.8, 4) is 5.88 Å². The SMILES string of the molecule is Cn1cc(N)c(OC(C)(C)C)n1. The average Bonchev–Trinajstić information content (AvgIpc) is 2.06. The number of aryl methyl sites for hydroxylation is 1. The monoisotopic (exact) mass is 169 g/mol. The van der Waals surface area contributed by atoms with Crippen molar-refractivity contribution in [1.82, 2.24) is 9.78 Å².